The quantitative estimate of drug-likeness (QED) is 0.201. The van der Waals surface area contributed by atoms with Gasteiger partial charge in [0, 0.05) is 37.1 Å². The van der Waals surface area contributed by atoms with Crippen LogP contribution in [0.2, 0.25) is 23.2 Å². The molecule has 0 aromatic heterocycles. The van der Waals surface area contributed by atoms with E-state index >= 15 is 0 Å². The first-order valence-electron chi connectivity index (χ1n) is 18.3. The van der Waals surface area contributed by atoms with Crippen LogP contribution in [-0.4, -0.2) is 76.7 Å². The van der Waals surface area contributed by atoms with Crippen molar-refractivity contribution < 1.29 is 28.6 Å². The number of methoxy groups -OCH3 is 1. The lowest BCUT2D eigenvalue weighted by Gasteiger charge is -2.48. The second-order valence-corrected chi connectivity index (χ2v) is 21.9. The SMILES string of the molecule is COC(=O)[C@@]1(O)CC(=O)N(C)CC/C=C\[C@H](O[Si](C)(C)C(C)(C)C)[C@@H]2CC[C@H]2CN2C[C@@]3(CCCc4cc(Cl)ccc43)COc3ccc1cc32. The summed E-state index contributed by atoms with van der Waals surface area (Å²) in [6, 6.07) is 11.7. The number of amides is 1. The molecule has 0 unspecified atom stereocenters. The van der Waals surface area contributed by atoms with Crippen molar-refractivity contribution in [3.05, 3.63) is 70.3 Å². The molecule has 2 aliphatic heterocycles. The van der Waals surface area contributed by atoms with E-state index in [9.17, 15) is 14.7 Å². The van der Waals surface area contributed by atoms with Gasteiger partial charge < -0.3 is 28.8 Å². The van der Waals surface area contributed by atoms with Crippen LogP contribution in [0.25, 0.3) is 0 Å². The van der Waals surface area contributed by atoms with E-state index < -0.39 is 26.3 Å². The first kappa shape index (κ1) is 36.9. The number of aryl methyl sites for hydroxylation is 1. The summed E-state index contributed by atoms with van der Waals surface area (Å²) in [5, 5.41) is 12.8. The molecule has 2 heterocycles. The van der Waals surface area contributed by atoms with Crippen LogP contribution in [0.4, 0.5) is 5.69 Å². The maximum absolute atomic E-state index is 13.6. The first-order chi connectivity index (χ1) is 23.6. The zero-order chi connectivity index (χ0) is 36.1. The molecule has 272 valence electrons. The number of carbonyl (C=O) groups is 2. The van der Waals surface area contributed by atoms with Crippen LogP contribution < -0.4 is 9.64 Å². The monoisotopic (exact) mass is 722 g/mol. The van der Waals surface area contributed by atoms with E-state index in [0.29, 0.717) is 49.3 Å². The van der Waals surface area contributed by atoms with Gasteiger partial charge in [-0.15, -0.1) is 0 Å². The summed E-state index contributed by atoms with van der Waals surface area (Å²) in [7, 11) is 0.857. The Bertz CT molecular complexity index is 1640. The third-order valence-corrected chi connectivity index (χ3v) is 17.1. The van der Waals surface area contributed by atoms with Gasteiger partial charge >= 0.3 is 5.97 Å². The lowest BCUT2D eigenvalue weighted by Crippen LogP contribution is -2.52. The highest BCUT2D eigenvalue weighted by molar-refractivity contribution is 6.74. The van der Waals surface area contributed by atoms with E-state index in [-0.39, 0.29) is 22.5 Å². The molecule has 4 aliphatic rings. The number of halogens is 1. The molecule has 2 bridgehead atoms. The third-order valence-electron chi connectivity index (χ3n) is 12.4. The first-order valence-corrected chi connectivity index (χ1v) is 21.6. The highest BCUT2D eigenvalue weighted by Gasteiger charge is 2.48. The lowest BCUT2D eigenvalue weighted by molar-refractivity contribution is -0.168. The van der Waals surface area contributed by atoms with E-state index in [0.717, 1.165) is 49.4 Å². The van der Waals surface area contributed by atoms with Crippen molar-refractivity contribution in [2.24, 2.45) is 11.8 Å². The molecule has 2 aliphatic carbocycles. The third kappa shape index (κ3) is 7.00. The van der Waals surface area contributed by atoms with Gasteiger partial charge in [0.25, 0.3) is 0 Å². The van der Waals surface area contributed by atoms with Crippen molar-refractivity contribution in [2.75, 3.05) is 45.3 Å². The fourth-order valence-electron chi connectivity index (χ4n) is 8.13. The summed E-state index contributed by atoms with van der Waals surface area (Å²) in [5.41, 5.74) is 1.25. The average molecular weight is 723 g/mol. The number of fused-ring (bicyclic) bond motifs is 4. The van der Waals surface area contributed by atoms with Gasteiger partial charge in [-0.2, -0.15) is 0 Å². The smallest absolute Gasteiger partial charge is 0.343 e. The summed E-state index contributed by atoms with van der Waals surface area (Å²) in [4.78, 5) is 30.9. The Labute approximate surface area is 304 Å². The fraction of sp³-hybridized carbons (Fsp3) is 0.600. The molecular formula is C40H55ClN2O6Si. The Morgan fingerprint density at radius 3 is 2.62 bits per heavy atom. The Kier molecular flexibility index (Phi) is 10.3. The van der Waals surface area contributed by atoms with Gasteiger partial charge in [-0.25, -0.2) is 4.79 Å². The lowest BCUT2D eigenvalue weighted by atomic mass is 9.68. The molecule has 6 rings (SSSR count). The molecule has 10 heteroatoms. The molecule has 1 spiro atoms. The molecule has 0 saturated heterocycles. The number of ether oxygens (including phenoxy) is 2. The van der Waals surface area contributed by atoms with Crippen molar-refractivity contribution in [1.29, 1.82) is 0 Å². The van der Waals surface area contributed by atoms with Crippen LogP contribution in [0.1, 0.15) is 76.0 Å². The van der Waals surface area contributed by atoms with E-state index in [1.54, 1.807) is 18.0 Å². The molecule has 8 nitrogen and oxygen atoms in total. The van der Waals surface area contributed by atoms with Crippen LogP contribution in [0, 0.1) is 11.8 Å². The van der Waals surface area contributed by atoms with E-state index in [4.69, 9.17) is 25.5 Å². The van der Waals surface area contributed by atoms with Crippen molar-refractivity contribution in [3.63, 3.8) is 0 Å². The molecule has 1 amide bonds. The second-order valence-electron chi connectivity index (χ2n) is 16.7. The average Bonchev–Trinajstić information content (AvgIpc) is 3.19. The molecular weight excluding hydrogens is 668 g/mol. The Balaban J connectivity index is 1.46. The van der Waals surface area contributed by atoms with Crippen LogP contribution in [0.3, 0.4) is 0 Å². The predicted octanol–water partition coefficient (Wildman–Crippen LogP) is 7.40. The zero-order valence-corrected chi connectivity index (χ0v) is 32.6. The standard InChI is InChI=1S/C40H55ClN2O6Si/c1-38(2,3)50(6,7)49-34-12-8-9-20-42(4)36(44)23-40(46,37(45)47-5)29-14-18-35-33(22-29)43(24-28-13-16-31(28)34)25-39(26-48-35)19-10-11-27-21-30(41)15-17-32(27)39/h8,12,14-15,17-18,21-22,28,31,34,46H,9-11,13,16,19-20,23-26H2,1-7H3/b12-8-/t28-,31+,34-,39-,40+/m0/s1. The van der Waals surface area contributed by atoms with Crippen molar-refractivity contribution in [2.45, 2.75) is 101 Å². The number of carbonyl (C=O) groups excluding carboxylic acids is 2. The normalized spacial score (nSPS) is 29.6. The number of rotatable bonds is 3. The highest BCUT2D eigenvalue weighted by atomic mass is 35.5. The van der Waals surface area contributed by atoms with Gasteiger partial charge in [0.15, 0.2) is 13.9 Å². The number of hydrogen-bond donors (Lipinski definition) is 1. The summed E-state index contributed by atoms with van der Waals surface area (Å²) in [6.45, 7) is 13.9. The minimum atomic E-state index is -2.16. The van der Waals surface area contributed by atoms with Crippen LogP contribution in [0.15, 0.2) is 48.6 Å². The number of anilines is 1. The van der Waals surface area contributed by atoms with E-state index in [1.165, 1.54) is 18.2 Å². The van der Waals surface area contributed by atoms with Crippen molar-refractivity contribution >= 4 is 37.5 Å². The van der Waals surface area contributed by atoms with Gasteiger partial charge in [0.05, 0.1) is 31.9 Å². The molecule has 0 radical (unpaired) electrons. The minimum absolute atomic E-state index is 0.0199. The van der Waals surface area contributed by atoms with Gasteiger partial charge in [0.2, 0.25) is 5.91 Å². The van der Waals surface area contributed by atoms with Crippen molar-refractivity contribution in [1.82, 2.24) is 4.90 Å². The summed E-state index contributed by atoms with van der Waals surface area (Å²) in [5.74, 6) is 0.203. The van der Waals surface area contributed by atoms with Gasteiger partial charge in [-0.05, 0) is 109 Å². The number of nitrogens with zero attached hydrogens (tertiary/aromatic N) is 2. The van der Waals surface area contributed by atoms with Gasteiger partial charge in [-0.3, -0.25) is 4.79 Å². The number of hydrogen-bond acceptors (Lipinski definition) is 7. The second kappa shape index (κ2) is 13.9. The van der Waals surface area contributed by atoms with E-state index in [2.05, 4.69) is 63.0 Å². The minimum Gasteiger partial charge on any atom is -0.490 e. The predicted molar refractivity (Wildman–Crippen MR) is 200 cm³/mol. The number of aliphatic hydroxyl groups is 1. The molecule has 2 aromatic carbocycles. The van der Waals surface area contributed by atoms with Gasteiger partial charge in [0.1, 0.15) is 5.75 Å². The van der Waals surface area contributed by atoms with Gasteiger partial charge in [-0.1, -0.05) is 56.7 Å². The summed E-state index contributed by atoms with van der Waals surface area (Å²) >= 11 is 6.49. The number of benzene rings is 2. The maximum Gasteiger partial charge on any atom is 0.343 e. The highest BCUT2D eigenvalue weighted by Crippen LogP contribution is 2.49. The molecule has 5 atom stereocenters. The molecule has 1 saturated carbocycles. The fourth-order valence-corrected chi connectivity index (χ4v) is 9.61. The summed E-state index contributed by atoms with van der Waals surface area (Å²) in [6.07, 6.45) is 9.73. The molecule has 50 heavy (non-hydrogen) atoms. The van der Waals surface area contributed by atoms with E-state index in [1.807, 2.05) is 18.2 Å². The topological polar surface area (TPSA) is 88.5 Å². The Morgan fingerprint density at radius 1 is 1.14 bits per heavy atom. The largest absolute Gasteiger partial charge is 0.490 e. The van der Waals surface area contributed by atoms with Crippen molar-refractivity contribution in [3.8, 4) is 5.75 Å². The Hall–Kier alpha value is -2.85. The van der Waals surface area contributed by atoms with Crippen LogP contribution >= 0.6 is 11.6 Å². The molecule has 1 N–H and O–H groups in total. The Morgan fingerprint density at radius 2 is 1.92 bits per heavy atom. The zero-order valence-electron chi connectivity index (χ0n) is 30.9. The van der Waals surface area contributed by atoms with Crippen LogP contribution in [0.5, 0.6) is 5.75 Å². The molecule has 1 fully saturated rings. The van der Waals surface area contributed by atoms with Crippen LogP contribution in [-0.2, 0) is 36.2 Å². The summed E-state index contributed by atoms with van der Waals surface area (Å²) < 4.78 is 19.0. The maximum atomic E-state index is 13.6. The number of esters is 1. The molecule has 2 aromatic rings.